The Kier molecular flexibility index (Phi) is 5.69. The van der Waals surface area contributed by atoms with Crippen LogP contribution in [-0.4, -0.2) is 38.0 Å². The number of Topliss-reactive ketones (excluding diaryl/α,β-unsaturated/α-hetero) is 1. The summed E-state index contributed by atoms with van der Waals surface area (Å²) in [5.41, 5.74) is 0.793. The molecule has 1 aromatic carbocycles. The molecule has 1 aromatic rings. The number of rotatable bonds is 6. The first-order chi connectivity index (χ1) is 9.04. The molecule has 0 bridgehead atoms. The molecule has 1 rings (SSSR count). The van der Waals surface area contributed by atoms with Crippen LogP contribution in [0, 0.1) is 0 Å². The summed E-state index contributed by atoms with van der Waals surface area (Å²) in [4.78, 5) is 33.9. The highest BCUT2D eigenvalue weighted by molar-refractivity contribution is 6.04. The molecule has 19 heavy (non-hydrogen) atoms. The number of nitrogens with one attached hydrogen (secondary N) is 1. The van der Waals surface area contributed by atoms with Crippen LogP contribution in [0.5, 0.6) is 0 Å². The monoisotopic (exact) mass is 265 g/mol. The molecule has 0 radical (unpaired) electrons. The van der Waals surface area contributed by atoms with Gasteiger partial charge in [-0.25, -0.2) is 4.79 Å². The van der Waals surface area contributed by atoms with E-state index >= 15 is 0 Å². The minimum absolute atomic E-state index is 0.160. The number of para-hydroxylation sites is 1. The Morgan fingerprint density at radius 3 is 2.47 bits per heavy atom. The second-order valence-corrected chi connectivity index (χ2v) is 3.74. The number of methoxy groups -OCH3 is 1. The Balaban J connectivity index is 2.58. The summed E-state index contributed by atoms with van der Waals surface area (Å²) in [6, 6.07) is 6.60. The van der Waals surface area contributed by atoms with Gasteiger partial charge in [0.05, 0.1) is 5.69 Å². The third-order valence-electron chi connectivity index (χ3n) is 2.21. The first kappa shape index (κ1) is 14.8. The van der Waals surface area contributed by atoms with Crippen molar-refractivity contribution in [1.82, 2.24) is 0 Å². The van der Waals surface area contributed by atoms with E-state index in [2.05, 4.69) is 14.8 Å². The lowest BCUT2D eigenvalue weighted by atomic mass is 10.1. The number of carbonyl (C=O) groups is 3. The summed E-state index contributed by atoms with van der Waals surface area (Å²) >= 11 is 0. The van der Waals surface area contributed by atoms with Crippen LogP contribution in [0.3, 0.4) is 0 Å². The molecule has 6 nitrogen and oxygen atoms in total. The number of hydrogen-bond donors (Lipinski definition) is 1. The van der Waals surface area contributed by atoms with Crippen LogP contribution in [-0.2, 0) is 19.1 Å². The molecule has 0 aliphatic heterocycles. The summed E-state index contributed by atoms with van der Waals surface area (Å²) in [7, 11) is 1.35. The molecule has 0 aliphatic rings. The number of hydrogen-bond acceptors (Lipinski definition) is 5. The summed E-state index contributed by atoms with van der Waals surface area (Å²) < 4.78 is 9.21. The van der Waals surface area contributed by atoms with Crippen molar-refractivity contribution in [2.45, 2.75) is 6.92 Å². The van der Waals surface area contributed by atoms with Crippen molar-refractivity contribution < 1.29 is 23.9 Å². The average molecular weight is 265 g/mol. The van der Waals surface area contributed by atoms with Crippen LogP contribution in [0.1, 0.15) is 17.3 Å². The van der Waals surface area contributed by atoms with Crippen LogP contribution in [0.2, 0.25) is 0 Å². The molecule has 0 fully saturated rings. The quantitative estimate of drug-likeness (QED) is 0.613. The Bertz CT molecular complexity index is 484. The van der Waals surface area contributed by atoms with Gasteiger partial charge in [-0.05, 0) is 19.1 Å². The lowest BCUT2D eigenvalue weighted by molar-refractivity contribution is -0.150. The summed E-state index contributed by atoms with van der Waals surface area (Å²) in [5.74, 6) is -1.30. The molecule has 6 heteroatoms. The molecule has 0 saturated heterocycles. The SMILES string of the molecule is COCC(=O)OCC(=O)Nc1ccccc1C(C)=O. The van der Waals surface area contributed by atoms with Gasteiger partial charge in [-0.15, -0.1) is 0 Å². The van der Waals surface area contributed by atoms with Gasteiger partial charge in [-0.3, -0.25) is 9.59 Å². The molecular weight excluding hydrogens is 250 g/mol. The molecule has 0 heterocycles. The maximum Gasteiger partial charge on any atom is 0.332 e. The third-order valence-corrected chi connectivity index (χ3v) is 2.21. The number of ketones is 1. The first-order valence-electron chi connectivity index (χ1n) is 5.59. The number of carbonyl (C=O) groups excluding carboxylic acids is 3. The lowest BCUT2D eigenvalue weighted by Crippen LogP contribution is -2.23. The van der Waals surface area contributed by atoms with E-state index in [4.69, 9.17) is 0 Å². The van der Waals surface area contributed by atoms with Crippen LogP contribution in [0.4, 0.5) is 5.69 Å². The van der Waals surface area contributed by atoms with Crippen molar-refractivity contribution in [2.75, 3.05) is 25.6 Å². The highest BCUT2D eigenvalue weighted by Crippen LogP contribution is 2.15. The van der Waals surface area contributed by atoms with Gasteiger partial charge in [0.25, 0.3) is 5.91 Å². The van der Waals surface area contributed by atoms with Gasteiger partial charge in [-0.1, -0.05) is 12.1 Å². The Labute approximate surface area is 110 Å². The summed E-state index contributed by atoms with van der Waals surface area (Å²) in [6.07, 6.45) is 0. The molecule has 0 aliphatic carbocycles. The van der Waals surface area contributed by atoms with Crippen molar-refractivity contribution in [3.8, 4) is 0 Å². The average Bonchev–Trinajstić information content (AvgIpc) is 2.37. The van der Waals surface area contributed by atoms with E-state index in [9.17, 15) is 14.4 Å². The van der Waals surface area contributed by atoms with Gasteiger partial charge in [-0.2, -0.15) is 0 Å². The topological polar surface area (TPSA) is 81.7 Å². The van der Waals surface area contributed by atoms with Gasteiger partial charge >= 0.3 is 5.97 Å². The van der Waals surface area contributed by atoms with Crippen LogP contribution >= 0.6 is 0 Å². The van der Waals surface area contributed by atoms with Crippen molar-refractivity contribution in [3.05, 3.63) is 29.8 Å². The molecule has 102 valence electrons. The maximum absolute atomic E-state index is 11.6. The number of benzene rings is 1. The largest absolute Gasteiger partial charge is 0.454 e. The molecule has 0 unspecified atom stereocenters. The number of ether oxygens (including phenoxy) is 2. The molecule has 0 saturated carbocycles. The molecule has 1 amide bonds. The van der Waals surface area contributed by atoms with Crippen molar-refractivity contribution in [2.24, 2.45) is 0 Å². The second-order valence-electron chi connectivity index (χ2n) is 3.74. The van der Waals surface area contributed by atoms with Crippen molar-refractivity contribution in [3.63, 3.8) is 0 Å². The third kappa shape index (κ3) is 4.89. The predicted octanol–water partition coefficient (Wildman–Crippen LogP) is 1.02. The zero-order chi connectivity index (χ0) is 14.3. The molecule has 0 spiro atoms. The molecule has 1 N–H and O–H groups in total. The fourth-order valence-electron chi connectivity index (χ4n) is 1.39. The molecular formula is C13H15NO5. The lowest BCUT2D eigenvalue weighted by Gasteiger charge is -2.09. The van der Waals surface area contributed by atoms with Gasteiger partial charge < -0.3 is 14.8 Å². The number of esters is 1. The van der Waals surface area contributed by atoms with Crippen LogP contribution < -0.4 is 5.32 Å². The Hall–Kier alpha value is -2.21. The maximum atomic E-state index is 11.6. The minimum atomic E-state index is -0.627. The normalized spacial score (nSPS) is 9.79. The fraction of sp³-hybridized carbons (Fsp3) is 0.308. The predicted molar refractivity (Wildman–Crippen MR) is 67.9 cm³/mol. The van der Waals surface area contributed by atoms with Crippen molar-refractivity contribution in [1.29, 1.82) is 0 Å². The Morgan fingerprint density at radius 2 is 1.84 bits per heavy atom. The van der Waals surface area contributed by atoms with E-state index in [0.717, 1.165) is 0 Å². The van der Waals surface area contributed by atoms with E-state index in [0.29, 0.717) is 11.3 Å². The minimum Gasteiger partial charge on any atom is -0.454 e. The van der Waals surface area contributed by atoms with Crippen LogP contribution in [0.25, 0.3) is 0 Å². The van der Waals surface area contributed by atoms with Crippen molar-refractivity contribution >= 4 is 23.3 Å². The van der Waals surface area contributed by atoms with E-state index in [1.165, 1.54) is 14.0 Å². The summed E-state index contributed by atoms with van der Waals surface area (Å²) in [5, 5.41) is 2.51. The van der Waals surface area contributed by atoms with Gasteiger partial charge in [0.15, 0.2) is 12.4 Å². The van der Waals surface area contributed by atoms with E-state index < -0.39 is 18.5 Å². The first-order valence-corrected chi connectivity index (χ1v) is 5.59. The standard InChI is InChI=1S/C13H15NO5/c1-9(15)10-5-3-4-6-11(10)14-12(16)7-19-13(17)8-18-2/h3-6H,7-8H2,1-2H3,(H,14,16). The highest BCUT2D eigenvalue weighted by atomic mass is 16.6. The van der Waals surface area contributed by atoms with E-state index in [-0.39, 0.29) is 12.4 Å². The van der Waals surface area contributed by atoms with E-state index in [1.54, 1.807) is 24.3 Å². The van der Waals surface area contributed by atoms with E-state index in [1.807, 2.05) is 0 Å². The second kappa shape index (κ2) is 7.27. The van der Waals surface area contributed by atoms with Gasteiger partial charge in [0.2, 0.25) is 0 Å². The van der Waals surface area contributed by atoms with Gasteiger partial charge in [0, 0.05) is 12.7 Å². The zero-order valence-electron chi connectivity index (χ0n) is 10.8. The number of anilines is 1. The smallest absolute Gasteiger partial charge is 0.332 e. The van der Waals surface area contributed by atoms with Crippen LogP contribution in [0.15, 0.2) is 24.3 Å². The number of amides is 1. The molecule has 0 atom stereocenters. The zero-order valence-corrected chi connectivity index (χ0v) is 10.8. The Morgan fingerprint density at radius 1 is 1.16 bits per heavy atom. The molecule has 0 aromatic heterocycles. The highest BCUT2D eigenvalue weighted by Gasteiger charge is 2.11. The van der Waals surface area contributed by atoms with Gasteiger partial charge in [0.1, 0.15) is 6.61 Å². The summed E-state index contributed by atoms with van der Waals surface area (Å²) in [6.45, 7) is 0.773. The fourth-order valence-corrected chi connectivity index (χ4v) is 1.39.